The van der Waals surface area contributed by atoms with Crippen LogP contribution in [0.5, 0.6) is 5.75 Å². The number of allylic oxidation sites excluding steroid dienone is 1. The molecule has 1 atom stereocenters. The Morgan fingerprint density at radius 2 is 1.94 bits per heavy atom. The van der Waals surface area contributed by atoms with Crippen LogP contribution in [0.4, 0.5) is 5.82 Å². The van der Waals surface area contributed by atoms with Gasteiger partial charge in [-0.3, -0.25) is 4.79 Å². The standard InChI is InChI=1S/C26H27BrN4O4S/c1-2-31(18-19-17-20(27)13-15-24(19)35-21-9-5-3-6-10-21)25-16-14-23(28-29-25)26(32)30-36(33,34)22-11-7-4-8-12-22/h4-5,7-9,11-17,21H,2-3,6,10,18H2,1H3,(H,30,32). The van der Waals surface area contributed by atoms with E-state index < -0.39 is 15.9 Å². The summed E-state index contributed by atoms with van der Waals surface area (Å²) >= 11 is 3.55. The molecule has 0 radical (unpaired) electrons. The van der Waals surface area contributed by atoms with Gasteiger partial charge in [0.1, 0.15) is 11.9 Å². The Balaban J connectivity index is 1.48. The summed E-state index contributed by atoms with van der Waals surface area (Å²) in [5, 5.41) is 8.18. The van der Waals surface area contributed by atoms with Gasteiger partial charge in [0.2, 0.25) is 0 Å². The third kappa shape index (κ3) is 6.50. The van der Waals surface area contributed by atoms with E-state index in [-0.39, 0.29) is 16.7 Å². The lowest BCUT2D eigenvalue weighted by Gasteiger charge is -2.25. The summed E-state index contributed by atoms with van der Waals surface area (Å²) in [6.07, 6.45) is 7.50. The zero-order valence-electron chi connectivity index (χ0n) is 19.8. The molecule has 1 aliphatic carbocycles. The van der Waals surface area contributed by atoms with Crippen molar-refractivity contribution in [1.82, 2.24) is 14.9 Å². The van der Waals surface area contributed by atoms with Crippen LogP contribution in [0.15, 0.2) is 82.2 Å². The predicted molar refractivity (Wildman–Crippen MR) is 141 cm³/mol. The average molecular weight is 571 g/mol. The maximum Gasteiger partial charge on any atom is 0.285 e. The maximum absolute atomic E-state index is 12.5. The van der Waals surface area contributed by atoms with Crippen LogP contribution in [-0.4, -0.2) is 37.2 Å². The van der Waals surface area contributed by atoms with Crippen LogP contribution in [-0.2, 0) is 16.6 Å². The molecule has 1 unspecified atom stereocenters. The third-order valence-electron chi connectivity index (χ3n) is 5.74. The Labute approximate surface area is 219 Å². The minimum atomic E-state index is -4.00. The van der Waals surface area contributed by atoms with E-state index in [1.807, 2.05) is 34.7 Å². The second-order valence-corrected chi connectivity index (χ2v) is 10.9. The fraction of sp³-hybridized carbons (Fsp3) is 0.269. The molecule has 1 aromatic heterocycles. The molecule has 2 aromatic carbocycles. The summed E-state index contributed by atoms with van der Waals surface area (Å²) in [5.74, 6) is 0.524. The van der Waals surface area contributed by atoms with Crippen LogP contribution in [0, 0.1) is 0 Å². The zero-order valence-corrected chi connectivity index (χ0v) is 22.2. The molecular formula is C26H27BrN4O4S. The number of nitrogens with zero attached hydrogens (tertiary/aromatic N) is 3. The number of carbonyl (C=O) groups is 1. The van der Waals surface area contributed by atoms with E-state index in [9.17, 15) is 13.2 Å². The highest BCUT2D eigenvalue weighted by Crippen LogP contribution is 2.28. The first-order valence-corrected chi connectivity index (χ1v) is 14.0. The van der Waals surface area contributed by atoms with E-state index in [4.69, 9.17) is 4.74 Å². The van der Waals surface area contributed by atoms with E-state index in [0.29, 0.717) is 18.9 Å². The van der Waals surface area contributed by atoms with E-state index in [0.717, 1.165) is 35.0 Å². The Morgan fingerprint density at radius 3 is 2.61 bits per heavy atom. The molecule has 4 rings (SSSR count). The van der Waals surface area contributed by atoms with Crippen LogP contribution in [0.2, 0.25) is 0 Å². The summed E-state index contributed by atoms with van der Waals surface area (Å²) < 4.78 is 34.1. The lowest BCUT2D eigenvalue weighted by atomic mass is 10.1. The average Bonchev–Trinajstić information content (AvgIpc) is 2.89. The number of benzene rings is 2. The van der Waals surface area contributed by atoms with Crippen molar-refractivity contribution in [2.45, 2.75) is 43.7 Å². The number of nitrogens with one attached hydrogen (secondary N) is 1. The molecule has 0 fully saturated rings. The third-order valence-corrected chi connectivity index (χ3v) is 7.58. The maximum atomic E-state index is 12.5. The van der Waals surface area contributed by atoms with Crippen molar-refractivity contribution in [3.8, 4) is 5.75 Å². The molecule has 188 valence electrons. The minimum absolute atomic E-state index is 0.00384. The summed E-state index contributed by atoms with van der Waals surface area (Å²) in [6, 6.07) is 16.7. The summed E-state index contributed by atoms with van der Waals surface area (Å²) in [4.78, 5) is 14.5. The van der Waals surface area contributed by atoms with E-state index in [1.165, 1.54) is 18.2 Å². The number of hydrogen-bond acceptors (Lipinski definition) is 7. The highest BCUT2D eigenvalue weighted by molar-refractivity contribution is 9.10. The van der Waals surface area contributed by atoms with Gasteiger partial charge in [0.05, 0.1) is 4.90 Å². The van der Waals surface area contributed by atoms with Crippen LogP contribution in [0.3, 0.4) is 0 Å². The van der Waals surface area contributed by atoms with Crippen molar-refractivity contribution in [2.24, 2.45) is 0 Å². The zero-order chi connectivity index (χ0) is 25.5. The molecule has 0 saturated carbocycles. The lowest BCUT2D eigenvalue weighted by Crippen LogP contribution is -2.31. The number of ether oxygens (including phenoxy) is 1. The fourth-order valence-electron chi connectivity index (χ4n) is 3.84. The predicted octanol–water partition coefficient (Wildman–Crippen LogP) is 4.87. The Kier molecular flexibility index (Phi) is 8.37. The van der Waals surface area contributed by atoms with E-state index in [2.05, 4.69) is 38.3 Å². The van der Waals surface area contributed by atoms with Crippen molar-refractivity contribution >= 4 is 37.7 Å². The Morgan fingerprint density at radius 1 is 1.14 bits per heavy atom. The molecule has 0 bridgehead atoms. The smallest absolute Gasteiger partial charge is 0.285 e. The molecule has 0 spiro atoms. The van der Waals surface area contributed by atoms with Crippen molar-refractivity contribution in [1.29, 1.82) is 0 Å². The lowest BCUT2D eigenvalue weighted by molar-refractivity contribution is 0.0975. The van der Waals surface area contributed by atoms with Crippen LogP contribution < -0.4 is 14.4 Å². The summed E-state index contributed by atoms with van der Waals surface area (Å²) in [5.41, 5.74) is 0.896. The Hall–Kier alpha value is -3.24. The van der Waals surface area contributed by atoms with Gasteiger partial charge in [-0.1, -0.05) is 40.2 Å². The van der Waals surface area contributed by atoms with Gasteiger partial charge in [-0.15, -0.1) is 10.2 Å². The van der Waals surface area contributed by atoms with Crippen LogP contribution >= 0.6 is 15.9 Å². The minimum Gasteiger partial charge on any atom is -0.486 e. The summed E-state index contributed by atoms with van der Waals surface area (Å²) in [6.45, 7) is 3.15. The number of halogens is 1. The van der Waals surface area contributed by atoms with Gasteiger partial charge in [0.25, 0.3) is 15.9 Å². The van der Waals surface area contributed by atoms with Gasteiger partial charge in [-0.2, -0.15) is 0 Å². The highest BCUT2D eigenvalue weighted by Gasteiger charge is 2.21. The topological polar surface area (TPSA) is 101 Å². The quantitative estimate of drug-likeness (QED) is 0.366. The van der Waals surface area contributed by atoms with Gasteiger partial charge >= 0.3 is 0 Å². The molecule has 10 heteroatoms. The molecule has 0 aliphatic heterocycles. The molecule has 1 N–H and O–H groups in total. The van der Waals surface area contributed by atoms with Crippen LogP contribution in [0.1, 0.15) is 42.2 Å². The second kappa shape index (κ2) is 11.7. The molecular weight excluding hydrogens is 544 g/mol. The van der Waals surface area contributed by atoms with Crippen molar-refractivity contribution < 1.29 is 17.9 Å². The monoisotopic (exact) mass is 570 g/mol. The number of aromatic nitrogens is 2. The van der Waals surface area contributed by atoms with Gasteiger partial charge in [-0.25, -0.2) is 13.1 Å². The van der Waals surface area contributed by atoms with Crippen molar-refractivity contribution in [2.75, 3.05) is 11.4 Å². The number of carbonyl (C=O) groups excluding carboxylic acids is 1. The number of amides is 1. The highest BCUT2D eigenvalue weighted by atomic mass is 79.9. The first-order valence-electron chi connectivity index (χ1n) is 11.7. The Bertz CT molecular complexity index is 1330. The first kappa shape index (κ1) is 25.8. The van der Waals surface area contributed by atoms with Gasteiger partial charge in [-0.05, 0) is 74.7 Å². The van der Waals surface area contributed by atoms with E-state index >= 15 is 0 Å². The number of rotatable bonds is 9. The number of anilines is 1. The first-order chi connectivity index (χ1) is 17.4. The number of hydrogen-bond donors (Lipinski definition) is 1. The SMILES string of the molecule is CCN(Cc1cc(Br)ccc1OC1C=CCCC1)c1ccc(C(=O)NS(=O)(=O)c2ccccc2)nn1. The molecule has 0 saturated heterocycles. The summed E-state index contributed by atoms with van der Waals surface area (Å²) in [7, 11) is -4.00. The van der Waals surface area contributed by atoms with E-state index in [1.54, 1.807) is 24.3 Å². The van der Waals surface area contributed by atoms with Crippen molar-refractivity contribution in [3.63, 3.8) is 0 Å². The number of sulfonamides is 1. The molecule has 1 heterocycles. The fourth-order valence-corrected chi connectivity index (χ4v) is 5.23. The molecule has 36 heavy (non-hydrogen) atoms. The van der Waals surface area contributed by atoms with Gasteiger partial charge in [0.15, 0.2) is 11.5 Å². The molecule has 8 nitrogen and oxygen atoms in total. The van der Waals surface area contributed by atoms with Gasteiger partial charge < -0.3 is 9.64 Å². The second-order valence-electron chi connectivity index (χ2n) is 8.31. The molecule has 1 amide bonds. The molecule has 1 aliphatic rings. The molecule has 3 aromatic rings. The largest absolute Gasteiger partial charge is 0.486 e. The normalized spacial score (nSPS) is 15.3. The van der Waals surface area contributed by atoms with Crippen molar-refractivity contribution in [3.05, 3.63) is 88.5 Å². The van der Waals surface area contributed by atoms with Gasteiger partial charge in [0, 0.05) is 23.1 Å². The van der Waals surface area contributed by atoms with Crippen LogP contribution in [0.25, 0.3) is 0 Å².